The van der Waals surface area contributed by atoms with E-state index in [0.717, 1.165) is 28.6 Å². The first kappa shape index (κ1) is 20.1. The average molecular weight is 422 g/mol. The molecule has 140 valence electrons. The number of carbonyl (C=O) groups excluding carboxylic acids is 1. The molecule has 5 nitrogen and oxygen atoms in total. The molecule has 0 heterocycles. The number of methoxy groups -OCH3 is 1. The van der Waals surface area contributed by atoms with Crippen molar-refractivity contribution < 1.29 is 19.0 Å². The Morgan fingerprint density at radius 2 is 1.85 bits per heavy atom. The highest BCUT2D eigenvalue weighted by molar-refractivity contribution is 9.10. The van der Waals surface area contributed by atoms with Gasteiger partial charge in [-0.1, -0.05) is 35.3 Å². The molecule has 0 aromatic heterocycles. The van der Waals surface area contributed by atoms with Crippen molar-refractivity contribution >= 4 is 21.8 Å². The van der Waals surface area contributed by atoms with Gasteiger partial charge in [0.25, 0.3) is 5.91 Å². The number of unbranched alkanes of at least 4 members (excludes halogenated alkanes) is 1. The lowest BCUT2D eigenvalue weighted by atomic mass is 10.2. The van der Waals surface area contributed by atoms with E-state index < -0.39 is 0 Å². The molecule has 0 atom stereocenters. The maximum atomic E-state index is 12.0. The summed E-state index contributed by atoms with van der Waals surface area (Å²) in [5, 5.41) is 2.83. The predicted molar refractivity (Wildman–Crippen MR) is 105 cm³/mol. The lowest BCUT2D eigenvalue weighted by Crippen LogP contribution is -2.28. The fourth-order valence-electron chi connectivity index (χ4n) is 2.20. The van der Waals surface area contributed by atoms with E-state index in [0.29, 0.717) is 24.7 Å². The zero-order valence-electron chi connectivity index (χ0n) is 15.1. The quantitative estimate of drug-likeness (QED) is 0.579. The molecular weight excluding hydrogens is 398 g/mol. The molecule has 0 unspecified atom stereocenters. The fourth-order valence-corrected chi connectivity index (χ4v) is 2.46. The number of nitrogens with one attached hydrogen (secondary N) is 1. The van der Waals surface area contributed by atoms with E-state index in [-0.39, 0.29) is 12.5 Å². The summed E-state index contributed by atoms with van der Waals surface area (Å²) in [5.74, 6) is 1.85. The minimum atomic E-state index is -0.185. The largest absolute Gasteiger partial charge is 0.493 e. The molecule has 0 fully saturated rings. The van der Waals surface area contributed by atoms with Gasteiger partial charge in [-0.15, -0.1) is 0 Å². The fraction of sp³-hybridized carbons (Fsp3) is 0.350. The predicted octanol–water partition coefficient (Wildman–Crippen LogP) is 4.33. The number of amides is 1. The van der Waals surface area contributed by atoms with Crippen LogP contribution in [-0.4, -0.2) is 26.2 Å². The van der Waals surface area contributed by atoms with Crippen LogP contribution in [0.15, 0.2) is 46.9 Å². The Bertz CT molecular complexity index is 703. The first-order valence-electron chi connectivity index (χ1n) is 8.57. The summed E-state index contributed by atoms with van der Waals surface area (Å²) in [6.45, 7) is 3.15. The van der Waals surface area contributed by atoms with Crippen LogP contribution in [0, 0.1) is 0 Å². The molecule has 6 heteroatoms. The molecule has 2 rings (SSSR count). The minimum absolute atomic E-state index is 0.0308. The first-order chi connectivity index (χ1) is 12.6. The third-order valence-corrected chi connectivity index (χ3v) is 4.19. The summed E-state index contributed by atoms with van der Waals surface area (Å²) in [6.07, 6.45) is 2.08. The van der Waals surface area contributed by atoms with Gasteiger partial charge in [0.15, 0.2) is 18.1 Å². The highest BCUT2D eigenvalue weighted by Gasteiger charge is 2.08. The summed E-state index contributed by atoms with van der Waals surface area (Å²) >= 11 is 3.36. The summed E-state index contributed by atoms with van der Waals surface area (Å²) in [4.78, 5) is 12.0. The molecule has 1 N–H and O–H groups in total. The Morgan fingerprint density at radius 3 is 2.54 bits per heavy atom. The monoisotopic (exact) mass is 421 g/mol. The Balaban J connectivity index is 1.82. The summed E-state index contributed by atoms with van der Waals surface area (Å²) in [6, 6.07) is 13.0. The van der Waals surface area contributed by atoms with Crippen LogP contribution in [0.2, 0.25) is 0 Å². The van der Waals surface area contributed by atoms with Gasteiger partial charge in [-0.3, -0.25) is 4.79 Å². The van der Waals surface area contributed by atoms with E-state index in [1.165, 1.54) is 0 Å². The molecule has 0 aliphatic rings. The Hall–Kier alpha value is -2.21. The molecule has 0 aliphatic heterocycles. The molecule has 26 heavy (non-hydrogen) atoms. The molecule has 0 spiro atoms. The smallest absolute Gasteiger partial charge is 0.258 e. The molecule has 0 saturated carbocycles. The Labute approximate surface area is 162 Å². The maximum Gasteiger partial charge on any atom is 0.258 e. The van der Waals surface area contributed by atoms with Gasteiger partial charge in [-0.25, -0.2) is 0 Å². The molecule has 0 bridgehead atoms. The highest BCUT2D eigenvalue weighted by Crippen LogP contribution is 2.28. The summed E-state index contributed by atoms with van der Waals surface area (Å²) in [7, 11) is 1.61. The van der Waals surface area contributed by atoms with Gasteiger partial charge in [-0.05, 0) is 48.4 Å². The lowest BCUT2D eigenvalue weighted by molar-refractivity contribution is -0.123. The van der Waals surface area contributed by atoms with Crippen molar-refractivity contribution in [1.29, 1.82) is 0 Å². The molecule has 2 aromatic carbocycles. The Kier molecular flexibility index (Phi) is 8.28. The normalized spacial score (nSPS) is 10.3. The number of ether oxygens (including phenoxy) is 3. The van der Waals surface area contributed by atoms with Crippen molar-refractivity contribution in [3.05, 3.63) is 52.5 Å². The highest BCUT2D eigenvalue weighted by atomic mass is 79.9. The van der Waals surface area contributed by atoms with Crippen molar-refractivity contribution in [1.82, 2.24) is 5.32 Å². The number of carbonyl (C=O) groups is 1. The van der Waals surface area contributed by atoms with Crippen LogP contribution < -0.4 is 19.5 Å². The second kappa shape index (κ2) is 10.7. The average Bonchev–Trinajstić information content (AvgIpc) is 2.66. The third kappa shape index (κ3) is 6.59. The molecule has 0 radical (unpaired) electrons. The number of benzene rings is 2. The molecular formula is C20H24BrNO4. The van der Waals surface area contributed by atoms with Crippen molar-refractivity contribution in [2.24, 2.45) is 0 Å². The van der Waals surface area contributed by atoms with Crippen molar-refractivity contribution in [3.8, 4) is 17.2 Å². The minimum Gasteiger partial charge on any atom is -0.493 e. The SMILES string of the molecule is CCCCOc1ccc(CNC(=O)COc2ccc(Br)cc2)cc1OC. The van der Waals surface area contributed by atoms with E-state index in [1.807, 2.05) is 30.3 Å². The van der Waals surface area contributed by atoms with Crippen LogP contribution in [0.1, 0.15) is 25.3 Å². The zero-order chi connectivity index (χ0) is 18.8. The van der Waals surface area contributed by atoms with Crippen LogP contribution in [0.3, 0.4) is 0 Å². The van der Waals surface area contributed by atoms with Gasteiger partial charge < -0.3 is 19.5 Å². The van der Waals surface area contributed by atoms with Gasteiger partial charge in [0.05, 0.1) is 13.7 Å². The summed E-state index contributed by atoms with van der Waals surface area (Å²) in [5.41, 5.74) is 0.932. The zero-order valence-corrected chi connectivity index (χ0v) is 16.7. The Morgan fingerprint density at radius 1 is 1.08 bits per heavy atom. The van der Waals surface area contributed by atoms with Crippen molar-refractivity contribution in [2.75, 3.05) is 20.3 Å². The molecule has 0 saturated heterocycles. The van der Waals surface area contributed by atoms with Crippen LogP contribution in [-0.2, 0) is 11.3 Å². The van der Waals surface area contributed by atoms with E-state index in [1.54, 1.807) is 19.2 Å². The third-order valence-electron chi connectivity index (χ3n) is 3.66. The second-order valence-corrected chi connectivity index (χ2v) is 6.62. The standard InChI is InChI=1S/C20H24BrNO4/c1-3-4-11-25-18-10-5-15(12-19(18)24-2)13-22-20(23)14-26-17-8-6-16(21)7-9-17/h5-10,12H,3-4,11,13-14H2,1-2H3,(H,22,23). The van der Waals surface area contributed by atoms with E-state index >= 15 is 0 Å². The number of halogens is 1. The number of rotatable bonds is 10. The van der Waals surface area contributed by atoms with Crippen LogP contribution in [0.4, 0.5) is 0 Å². The van der Waals surface area contributed by atoms with Gasteiger partial charge in [0, 0.05) is 11.0 Å². The van der Waals surface area contributed by atoms with Crippen LogP contribution >= 0.6 is 15.9 Å². The van der Waals surface area contributed by atoms with Crippen LogP contribution in [0.25, 0.3) is 0 Å². The van der Waals surface area contributed by atoms with E-state index in [9.17, 15) is 4.79 Å². The van der Waals surface area contributed by atoms with Gasteiger partial charge in [0.1, 0.15) is 5.75 Å². The van der Waals surface area contributed by atoms with Gasteiger partial charge >= 0.3 is 0 Å². The molecule has 1 amide bonds. The van der Waals surface area contributed by atoms with E-state index in [2.05, 4.69) is 28.2 Å². The lowest BCUT2D eigenvalue weighted by Gasteiger charge is -2.12. The maximum absolute atomic E-state index is 12.0. The van der Waals surface area contributed by atoms with Crippen LogP contribution in [0.5, 0.6) is 17.2 Å². The molecule has 0 aliphatic carbocycles. The summed E-state index contributed by atoms with van der Waals surface area (Å²) < 4.78 is 17.5. The van der Waals surface area contributed by atoms with Crippen molar-refractivity contribution in [2.45, 2.75) is 26.3 Å². The van der Waals surface area contributed by atoms with E-state index in [4.69, 9.17) is 14.2 Å². The van der Waals surface area contributed by atoms with Gasteiger partial charge in [-0.2, -0.15) is 0 Å². The number of hydrogen-bond acceptors (Lipinski definition) is 4. The second-order valence-electron chi connectivity index (χ2n) is 5.71. The molecule has 2 aromatic rings. The first-order valence-corrected chi connectivity index (χ1v) is 9.36. The van der Waals surface area contributed by atoms with Crippen molar-refractivity contribution in [3.63, 3.8) is 0 Å². The number of hydrogen-bond donors (Lipinski definition) is 1. The van der Waals surface area contributed by atoms with Gasteiger partial charge in [0.2, 0.25) is 0 Å². The topological polar surface area (TPSA) is 56.8 Å².